The third-order valence-corrected chi connectivity index (χ3v) is 2.64. The van der Waals surface area contributed by atoms with E-state index in [4.69, 9.17) is 0 Å². The average molecular weight is 305 g/mol. The quantitative estimate of drug-likeness (QED) is 0.811. The van der Waals surface area contributed by atoms with E-state index in [0.717, 1.165) is 12.1 Å². The maximum absolute atomic E-state index is 13.4. The fourth-order valence-corrected chi connectivity index (χ4v) is 1.77. The van der Waals surface area contributed by atoms with Crippen LogP contribution in [0.1, 0.15) is 6.92 Å². The molecule has 0 radical (unpaired) electrons. The second-order valence-electron chi connectivity index (χ2n) is 4.44. The average Bonchev–Trinajstić information content (AvgIpc) is 2.42. The minimum atomic E-state index is -0.873. The van der Waals surface area contributed by atoms with Crippen LogP contribution < -0.4 is 16.0 Å². The predicted molar refractivity (Wildman–Crippen MR) is 79.7 cm³/mol. The second kappa shape index (κ2) is 6.66. The summed E-state index contributed by atoms with van der Waals surface area (Å²) in [4.78, 5) is 22.7. The molecule has 0 fully saturated rings. The van der Waals surface area contributed by atoms with Gasteiger partial charge in [0.05, 0.1) is 0 Å². The predicted octanol–water partition coefficient (Wildman–Crippen LogP) is 3.57. The first-order chi connectivity index (χ1) is 10.5. The van der Waals surface area contributed by atoms with Crippen LogP contribution >= 0.6 is 0 Å². The van der Waals surface area contributed by atoms with Crippen LogP contribution in [0.2, 0.25) is 0 Å². The van der Waals surface area contributed by atoms with Crippen LogP contribution in [-0.4, -0.2) is 11.9 Å². The number of amides is 3. The molecular formula is C15H13F2N3O2. The van der Waals surface area contributed by atoms with Crippen molar-refractivity contribution in [3.63, 3.8) is 0 Å². The summed E-state index contributed by atoms with van der Waals surface area (Å²) in [5.41, 5.74) is 0.320. The lowest BCUT2D eigenvalue weighted by molar-refractivity contribution is -0.114. The summed E-state index contributed by atoms with van der Waals surface area (Å²) in [6.07, 6.45) is 0. The smallest absolute Gasteiger partial charge is 0.323 e. The number of benzene rings is 2. The van der Waals surface area contributed by atoms with Crippen LogP contribution in [0.15, 0.2) is 42.5 Å². The fraction of sp³-hybridized carbons (Fsp3) is 0.0667. The van der Waals surface area contributed by atoms with Gasteiger partial charge < -0.3 is 16.0 Å². The van der Waals surface area contributed by atoms with Crippen LogP contribution in [0.3, 0.4) is 0 Å². The molecule has 3 N–H and O–H groups in total. The first-order valence-corrected chi connectivity index (χ1v) is 6.35. The van der Waals surface area contributed by atoms with Crippen molar-refractivity contribution in [1.82, 2.24) is 0 Å². The van der Waals surface area contributed by atoms with Crippen molar-refractivity contribution in [1.29, 1.82) is 0 Å². The van der Waals surface area contributed by atoms with Crippen LogP contribution in [0.5, 0.6) is 0 Å². The van der Waals surface area contributed by atoms with Gasteiger partial charge >= 0.3 is 6.03 Å². The van der Waals surface area contributed by atoms with E-state index in [9.17, 15) is 18.4 Å². The molecule has 114 valence electrons. The lowest BCUT2D eigenvalue weighted by atomic mass is 10.2. The zero-order valence-electron chi connectivity index (χ0n) is 11.6. The highest BCUT2D eigenvalue weighted by Gasteiger charge is 2.12. The van der Waals surface area contributed by atoms with Gasteiger partial charge in [0.15, 0.2) is 0 Å². The Kier molecular flexibility index (Phi) is 4.67. The number of halogens is 2. The van der Waals surface area contributed by atoms with Crippen molar-refractivity contribution in [2.45, 2.75) is 6.92 Å². The lowest BCUT2D eigenvalue weighted by Crippen LogP contribution is -2.21. The topological polar surface area (TPSA) is 70.2 Å². The van der Waals surface area contributed by atoms with Gasteiger partial charge in [-0.2, -0.15) is 0 Å². The van der Waals surface area contributed by atoms with Gasteiger partial charge in [-0.05, 0) is 30.3 Å². The molecule has 0 saturated heterocycles. The summed E-state index contributed by atoms with van der Waals surface area (Å²) in [7, 11) is 0. The number of hydrogen-bond acceptors (Lipinski definition) is 2. The molecular weight excluding hydrogens is 292 g/mol. The van der Waals surface area contributed by atoms with Gasteiger partial charge in [0.1, 0.15) is 17.3 Å². The normalized spacial score (nSPS) is 9.95. The molecule has 7 heteroatoms. The monoisotopic (exact) mass is 305 g/mol. The largest absolute Gasteiger partial charge is 0.326 e. The second-order valence-corrected chi connectivity index (χ2v) is 4.44. The Balaban J connectivity index is 2.08. The number of carbonyl (C=O) groups is 2. The van der Waals surface area contributed by atoms with Crippen LogP contribution in [0.4, 0.5) is 30.6 Å². The van der Waals surface area contributed by atoms with E-state index in [1.807, 2.05) is 0 Å². The number of hydrogen-bond donors (Lipinski definition) is 3. The molecule has 0 aliphatic rings. The van der Waals surface area contributed by atoms with Gasteiger partial charge in [-0.1, -0.05) is 12.1 Å². The van der Waals surface area contributed by atoms with Crippen molar-refractivity contribution >= 4 is 29.0 Å². The zero-order chi connectivity index (χ0) is 16.1. The van der Waals surface area contributed by atoms with E-state index < -0.39 is 23.4 Å². The lowest BCUT2D eigenvalue weighted by Gasteiger charge is -2.10. The minimum Gasteiger partial charge on any atom is -0.326 e. The standard InChI is InChI=1S/C15H13F2N3O2/c1-9(21)18-10-4-2-5-11(8-10)19-15(22)20-14-12(16)6-3-7-13(14)17/h2-8H,1H3,(H,18,21)(H2,19,20,22). The van der Waals surface area contributed by atoms with E-state index in [-0.39, 0.29) is 5.91 Å². The minimum absolute atomic E-state index is 0.255. The Morgan fingerprint density at radius 1 is 0.864 bits per heavy atom. The Hall–Kier alpha value is -2.96. The van der Waals surface area contributed by atoms with E-state index in [1.54, 1.807) is 18.2 Å². The molecule has 2 aromatic rings. The zero-order valence-corrected chi connectivity index (χ0v) is 11.6. The molecule has 0 bridgehead atoms. The summed E-state index contributed by atoms with van der Waals surface area (Å²) in [6, 6.07) is 8.81. The maximum Gasteiger partial charge on any atom is 0.323 e. The van der Waals surface area contributed by atoms with E-state index >= 15 is 0 Å². The summed E-state index contributed by atoms with van der Waals surface area (Å²) in [5.74, 6) is -2.00. The molecule has 2 aromatic carbocycles. The summed E-state index contributed by atoms with van der Waals surface area (Å²) in [6.45, 7) is 1.35. The first kappa shape index (κ1) is 15.4. The van der Waals surface area contributed by atoms with Crippen molar-refractivity contribution in [3.05, 3.63) is 54.1 Å². The van der Waals surface area contributed by atoms with Crippen molar-refractivity contribution in [2.24, 2.45) is 0 Å². The molecule has 3 amide bonds. The van der Waals surface area contributed by atoms with Crippen LogP contribution in [0.25, 0.3) is 0 Å². The summed E-state index contributed by atoms with van der Waals surface area (Å²) >= 11 is 0. The highest BCUT2D eigenvalue weighted by molar-refractivity contribution is 6.00. The van der Waals surface area contributed by atoms with Crippen LogP contribution in [0, 0.1) is 11.6 Å². The van der Waals surface area contributed by atoms with E-state index in [2.05, 4.69) is 16.0 Å². The highest BCUT2D eigenvalue weighted by Crippen LogP contribution is 2.19. The van der Waals surface area contributed by atoms with Gasteiger partial charge in [-0.15, -0.1) is 0 Å². The van der Waals surface area contributed by atoms with Gasteiger partial charge in [0, 0.05) is 18.3 Å². The molecule has 0 saturated carbocycles. The van der Waals surface area contributed by atoms with Gasteiger partial charge in [0.25, 0.3) is 0 Å². The number of para-hydroxylation sites is 1. The fourth-order valence-electron chi connectivity index (χ4n) is 1.77. The molecule has 0 aliphatic heterocycles. The molecule has 0 heterocycles. The van der Waals surface area contributed by atoms with Gasteiger partial charge in [-0.25, -0.2) is 13.6 Å². The number of nitrogens with one attached hydrogen (secondary N) is 3. The Labute approximate surface area is 125 Å². The SMILES string of the molecule is CC(=O)Nc1cccc(NC(=O)Nc2c(F)cccc2F)c1. The van der Waals surface area contributed by atoms with Crippen molar-refractivity contribution in [2.75, 3.05) is 16.0 Å². The highest BCUT2D eigenvalue weighted by atomic mass is 19.1. The number of urea groups is 1. The molecule has 5 nitrogen and oxygen atoms in total. The molecule has 0 unspecified atom stereocenters. The molecule has 22 heavy (non-hydrogen) atoms. The molecule has 2 rings (SSSR count). The third-order valence-electron chi connectivity index (χ3n) is 2.64. The number of rotatable bonds is 3. The van der Waals surface area contributed by atoms with Crippen LogP contribution in [-0.2, 0) is 4.79 Å². The van der Waals surface area contributed by atoms with E-state index in [0.29, 0.717) is 11.4 Å². The molecule has 0 aliphatic carbocycles. The first-order valence-electron chi connectivity index (χ1n) is 6.35. The molecule has 0 spiro atoms. The van der Waals surface area contributed by atoms with E-state index in [1.165, 1.54) is 19.1 Å². The number of anilines is 3. The third kappa shape index (κ3) is 4.02. The maximum atomic E-state index is 13.4. The molecule has 0 atom stereocenters. The number of carbonyl (C=O) groups excluding carboxylic acids is 2. The Morgan fingerprint density at radius 3 is 2.00 bits per heavy atom. The van der Waals surface area contributed by atoms with Crippen molar-refractivity contribution in [3.8, 4) is 0 Å². The summed E-state index contributed by atoms with van der Waals surface area (Å²) in [5, 5.41) is 7.08. The summed E-state index contributed by atoms with van der Waals surface area (Å²) < 4.78 is 26.9. The van der Waals surface area contributed by atoms with Crippen molar-refractivity contribution < 1.29 is 18.4 Å². The van der Waals surface area contributed by atoms with Gasteiger partial charge in [0.2, 0.25) is 5.91 Å². The molecule has 0 aromatic heterocycles. The Morgan fingerprint density at radius 2 is 1.41 bits per heavy atom. The Bertz CT molecular complexity index is 699. The van der Waals surface area contributed by atoms with Gasteiger partial charge in [-0.3, -0.25) is 4.79 Å².